The van der Waals surface area contributed by atoms with Gasteiger partial charge in [0.15, 0.2) is 0 Å². The number of rotatable bonds is 4. The van der Waals surface area contributed by atoms with Crippen LogP contribution in [-0.4, -0.2) is 39.5 Å². The number of carbonyl (C=O) groups is 3. The number of amides is 2. The highest BCUT2D eigenvalue weighted by Gasteiger charge is 2.24. The highest BCUT2D eigenvalue weighted by molar-refractivity contribution is 6.04. The fourth-order valence-electron chi connectivity index (χ4n) is 1.57. The standard InChI is InChI=1S/C14H19N3O4/c1-8(11(18)17-14(2,3)4)16-12(19)10-9(13(20)21)6-5-7-15-10/h5-8H,1-4H3,(H,16,19)(H,17,18)(H,20,21). The summed E-state index contributed by atoms with van der Waals surface area (Å²) in [7, 11) is 0. The van der Waals surface area contributed by atoms with Crippen molar-refractivity contribution in [1.29, 1.82) is 0 Å². The molecule has 1 aromatic heterocycles. The third-order valence-corrected chi connectivity index (χ3v) is 2.49. The number of hydrogen-bond acceptors (Lipinski definition) is 4. The maximum absolute atomic E-state index is 12.0. The molecule has 7 heteroatoms. The van der Waals surface area contributed by atoms with Gasteiger partial charge in [0, 0.05) is 11.7 Å². The summed E-state index contributed by atoms with van der Waals surface area (Å²) in [6, 6.07) is 1.90. The molecule has 0 aliphatic heterocycles. The first-order chi connectivity index (χ1) is 9.61. The van der Waals surface area contributed by atoms with Crippen LogP contribution in [0.1, 0.15) is 48.5 Å². The normalized spacial score (nSPS) is 12.4. The Hall–Kier alpha value is -2.44. The number of nitrogens with zero attached hydrogens (tertiary/aromatic N) is 1. The number of aromatic carboxylic acids is 1. The Labute approximate surface area is 122 Å². The molecule has 0 saturated heterocycles. The van der Waals surface area contributed by atoms with Crippen LogP contribution in [0.25, 0.3) is 0 Å². The van der Waals surface area contributed by atoms with Gasteiger partial charge in [-0.1, -0.05) is 0 Å². The molecule has 1 rings (SSSR count). The van der Waals surface area contributed by atoms with Gasteiger partial charge in [0.1, 0.15) is 11.7 Å². The number of carbonyl (C=O) groups excluding carboxylic acids is 2. The molecule has 1 heterocycles. The van der Waals surface area contributed by atoms with Gasteiger partial charge in [-0.3, -0.25) is 14.6 Å². The van der Waals surface area contributed by atoms with Crippen molar-refractivity contribution < 1.29 is 19.5 Å². The van der Waals surface area contributed by atoms with Gasteiger partial charge in [-0.15, -0.1) is 0 Å². The van der Waals surface area contributed by atoms with Gasteiger partial charge in [-0.25, -0.2) is 4.79 Å². The van der Waals surface area contributed by atoms with E-state index in [1.54, 1.807) is 0 Å². The minimum Gasteiger partial charge on any atom is -0.478 e. The van der Waals surface area contributed by atoms with E-state index < -0.39 is 23.5 Å². The molecule has 0 saturated carbocycles. The number of carboxylic acids is 1. The van der Waals surface area contributed by atoms with Crippen LogP contribution >= 0.6 is 0 Å². The summed E-state index contributed by atoms with van der Waals surface area (Å²) in [6.45, 7) is 6.98. The highest BCUT2D eigenvalue weighted by atomic mass is 16.4. The molecule has 2 amide bonds. The molecule has 0 radical (unpaired) electrons. The summed E-state index contributed by atoms with van der Waals surface area (Å²) in [5.74, 6) is -2.31. The molecule has 0 aliphatic carbocycles. The number of nitrogens with one attached hydrogen (secondary N) is 2. The lowest BCUT2D eigenvalue weighted by molar-refractivity contribution is -0.124. The molecule has 1 unspecified atom stereocenters. The van der Waals surface area contributed by atoms with Crippen molar-refractivity contribution in [2.24, 2.45) is 0 Å². The lowest BCUT2D eigenvalue weighted by atomic mass is 10.1. The second-order valence-electron chi connectivity index (χ2n) is 5.64. The molecule has 7 nitrogen and oxygen atoms in total. The van der Waals surface area contributed by atoms with Gasteiger partial charge in [-0.05, 0) is 39.8 Å². The number of carboxylic acid groups (broad SMARTS) is 1. The van der Waals surface area contributed by atoms with E-state index >= 15 is 0 Å². The van der Waals surface area contributed by atoms with Gasteiger partial charge in [-0.2, -0.15) is 0 Å². The minimum atomic E-state index is -1.25. The molecule has 21 heavy (non-hydrogen) atoms. The molecule has 0 spiro atoms. The van der Waals surface area contributed by atoms with E-state index in [-0.39, 0.29) is 17.2 Å². The summed E-state index contributed by atoms with van der Waals surface area (Å²) in [5.41, 5.74) is -0.855. The Kier molecular flexibility index (Phi) is 5.02. The molecule has 1 atom stereocenters. The van der Waals surface area contributed by atoms with E-state index in [4.69, 9.17) is 5.11 Å². The highest BCUT2D eigenvalue weighted by Crippen LogP contribution is 2.06. The van der Waals surface area contributed by atoms with Crippen LogP contribution in [0, 0.1) is 0 Å². The van der Waals surface area contributed by atoms with E-state index in [9.17, 15) is 14.4 Å². The second kappa shape index (κ2) is 6.34. The van der Waals surface area contributed by atoms with Gasteiger partial charge in [0.25, 0.3) is 5.91 Å². The first-order valence-electron chi connectivity index (χ1n) is 6.43. The number of pyridine rings is 1. The van der Waals surface area contributed by atoms with Crippen molar-refractivity contribution >= 4 is 17.8 Å². The Bertz CT molecular complexity index is 564. The van der Waals surface area contributed by atoms with Crippen LogP contribution in [0.15, 0.2) is 18.3 Å². The summed E-state index contributed by atoms with van der Waals surface area (Å²) < 4.78 is 0. The summed E-state index contributed by atoms with van der Waals surface area (Å²) >= 11 is 0. The third kappa shape index (κ3) is 4.87. The lowest BCUT2D eigenvalue weighted by Crippen LogP contribution is -2.51. The molecule has 0 aromatic carbocycles. The maximum Gasteiger partial charge on any atom is 0.338 e. The third-order valence-electron chi connectivity index (χ3n) is 2.49. The fourth-order valence-corrected chi connectivity index (χ4v) is 1.57. The van der Waals surface area contributed by atoms with Crippen LogP contribution in [0.3, 0.4) is 0 Å². The van der Waals surface area contributed by atoms with E-state index in [1.165, 1.54) is 25.3 Å². The van der Waals surface area contributed by atoms with Gasteiger partial charge >= 0.3 is 5.97 Å². The van der Waals surface area contributed by atoms with Gasteiger partial charge in [0.2, 0.25) is 5.91 Å². The van der Waals surface area contributed by atoms with Crippen molar-refractivity contribution in [3.05, 3.63) is 29.6 Å². The van der Waals surface area contributed by atoms with Gasteiger partial charge in [0.05, 0.1) is 5.56 Å². The van der Waals surface area contributed by atoms with Crippen LogP contribution in [-0.2, 0) is 4.79 Å². The summed E-state index contributed by atoms with van der Waals surface area (Å²) in [5, 5.41) is 14.2. The van der Waals surface area contributed by atoms with Crippen molar-refractivity contribution in [3.63, 3.8) is 0 Å². The molecule has 3 N–H and O–H groups in total. The van der Waals surface area contributed by atoms with Crippen molar-refractivity contribution in [2.45, 2.75) is 39.3 Å². The SMILES string of the molecule is CC(NC(=O)c1ncccc1C(=O)O)C(=O)NC(C)(C)C. The zero-order chi connectivity index (χ0) is 16.2. The average Bonchev–Trinajstić information content (AvgIpc) is 2.36. The van der Waals surface area contributed by atoms with E-state index in [0.717, 1.165) is 0 Å². The smallest absolute Gasteiger partial charge is 0.338 e. The Morgan fingerprint density at radius 3 is 2.43 bits per heavy atom. The number of hydrogen-bond donors (Lipinski definition) is 3. The Morgan fingerprint density at radius 2 is 1.90 bits per heavy atom. The maximum atomic E-state index is 12.0. The molecular formula is C14H19N3O4. The predicted molar refractivity (Wildman–Crippen MR) is 76.0 cm³/mol. The topological polar surface area (TPSA) is 108 Å². The summed E-state index contributed by atoms with van der Waals surface area (Å²) in [6.07, 6.45) is 1.32. The predicted octanol–water partition coefficient (Wildman–Crippen LogP) is 0.813. The largest absolute Gasteiger partial charge is 0.478 e. The first kappa shape index (κ1) is 16.6. The number of aromatic nitrogens is 1. The fraction of sp³-hybridized carbons (Fsp3) is 0.429. The monoisotopic (exact) mass is 293 g/mol. The van der Waals surface area contributed by atoms with Crippen molar-refractivity contribution in [3.8, 4) is 0 Å². The van der Waals surface area contributed by atoms with E-state index in [2.05, 4.69) is 15.6 Å². The molecule has 0 fully saturated rings. The van der Waals surface area contributed by atoms with E-state index in [1.807, 2.05) is 20.8 Å². The average molecular weight is 293 g/mol. The van der Waals surface area contributed by atoms with Crippen molar-refractivity contribution in [1.82, 2.24) is 15.6 Å². The first-order valence-corrected chi connectivity index (χ1v) is 6.43. The van der Waals surface area contributed by atoms with Crippen LogP contribution in [0.5, 0.6) is 0 Å². The van der Waals surface area contributed by atoms with E-state index in [0.29, 0.717) is 0 Å². The van der Waals surface area contributed by atoms with Crippen LogP contribution in [0.2, 0.25) is 0 Å². The molecule has 114 valence electrons. The lowest BCUT2D eigenvalue weighted by Gasteiger charge is -2.23. The molecular weight excluding hydrogens is 274 g/mol. The zero-order valence-corrected chi connectivity index (χ0v) is 12.4. The zero-order valence-electron chi connectivity index (χ0n) is 12.4. The Balaban J connectivity index is 2.82. The summed E-state index contributed by atoms with van der Waals surface area (Å²) in [4.78, 5) is 38.7. The quantitative estimate of drug-likeness (QED) is 0.761. The molecule has 0 bridgehead atoms. The molecule has 1 aromatic rings. The minimum absolute atomic E-state index is 0.210. The second-order valence-corrected chi connectivity index (χ2v) is 5.64. The molecule has 0 aliphatic rings. The van der Waals surface area contributed by atoms with Crippen molar-refractivity contribution in [2.75, 3.05) is 0 Å². The Morgan fingerprint density at radius 1 is 1.29 bits per heavy atom. The van der Waals surface area contributed by atoms with Crippen LogP contribution in [0.4, 0.5) is 0 Å². The van der Waals surface area contributed by atoms with Crippen LogP contribution < -0.4 is 10.6 Å². The van der Waals surface area contributed by atoms with Gasteiger partial charge < -0.3 is 15.7 Å².